The van der Waals surface area contributed by atoms with Gasteiger partial charge in [0.1, 0.15) is 0 Å². The van der Waals surface area contributed by atoms with E-state index in [9.17, 15) is 19.4 Å². The summed E-state index contributed by atoms with van der Waals surface area (Å²) in [7, 11) is -4.32. The monoisotopic (exact) mass is 630 g/mol. The van der Waals surface area contributed by atoms with Gasteiger partial charge in [0.25, 0.3) is 0 Å². The molecule has 0 aromatic heterocycles. The van der Waals surface area contributed by atoms with Crippen molar-refractivity contribution >= 4 is 13.7 Å². The van der Waals surface area contributed by atoms with Crippen LogP contribution in [0.4, 0.5) is 0 Å². The van der Waals surface area contributed by atoms with Crippen LogP contribution in [0.2, 0.25) is 0 Å². The molecule has 0 saturated carbocycles. The van der Waals surface area contributed by atoms with Crippen LogP contribution in [0.3, 0.4) is 0 Å². The smallest absolute Gasteiger partial charge is 0.387 e. The zero-order valence-electron chi connectivity index (χ0n) is 27.7. The highest BCUT2D eigenvalue weighted by atomic mass is 31.2. The Kier molecular flexibility index (Phi) is 30.2. The van der Waals surface area contributed by atoms with Gasteiger partial charge in [-0.25, -0.2) is 4.57 Å². The lowest BCUT2D eigenvalue weighted by molar-refractivity contribution is -0.123. The summed E-state index contributed by atoms with van der Waals surface area (Å²) < 4.78 is 21.9. The summed E-state index contributed by atoms with van der Waals surface area (Å²) in [6.07, 6.45) is 32.2. The first-order chi connectivity index (χ1) is 20.9. The van der Waals surface area contributed by atoms with Crippen LogP contribution < -0.4 is 11.1 Å². The number of nitrogens with one attached hydrogen (secondary N) is 1. The molecule has 0 radical (unpaired) electrons. The number of carbonyl (C=O) groups is 1. The van der Waals surface area contributed by atoms with E-state index in [0.29, 0.717) is 6.42 Å². The normalized spacial score (nSPS) is 14.8. The summed E-state index contributed by atoms with van der Waals surface area (Å²) in [5, 5.41) is 13.5. The number of nitrogens with two attached hydrogens (primary N) is 1. The molecule has 0 saturated heterocycles. The summed E-state index contributed by atoms with van der Waals surface area (Å²) in [5.74, 6) is -0.207. The van der Waals surface area contributed by atoms with Crippen molar-refractivity contribution in [1.82, 2.24) is 5.32 Å². The van der Waals surface area contributed by atoms with Crippen molar-refractivity contribution in [3.05, 3.63) is 24.3 Å². The number of phosphoric acid groups is 1. The number of aliphatic hydroxyl groups excluding tert-OH is 1. The third-order valence-electron chi connectivity index (χ3n) is 7.52. The van der Waals surface area contributed by atoms with E-state index in [0.717, 1.165) is 51.4 Å². The van der Waals surface area contributed by atoms with Crippen LogP contribution in [0.1, 0.15) is 155 Å². The number of amides is 1. The number of rotatable bonds is 32. The van der Waals surface area contributed by atoms with Gasteiger partial charge in [-0.2, -0.15) is 0 Å². The molecule has 0 aliphatic heterocycles. The summed E-state index contributed by atoms with van der Waals surface area (Å²) in [6.45, 7) is 4.07. The van der Waals surface area contributed by atoms with Crippen LogP contribution in [-0.2, 0) is 18.4 Å². The van der Waals surface area contributed by atoms with Crippen LogP contribution in [-0.4, -0.2) is 47.8 Å². The largest absolute Gasteiger partial charge is 0.472 e. The standard InChI is InChI=1S/C34H67N2O6P/c1-3-5-7-9-11-13-14-15-16-17-18-20-22-24-26-28-34(38)36-32(31-42-43(39,40)41-30-29-35)33(37)27-25-23-21-19-12-10-8-6-4-2/h15-16,25,27,32-33,37H,3-14,17-24,26,28-31,35H2,1-2H3,(H,36,38)(H,39,40)/b16-15-,27-25+/t32-,33+/m0/s1. The van der Waals surface area contributed by atoms with E-state index in [1.165, 1.54) is 83.5 Å². The molecule has 1 unspecified atom stereocenters. The molecular weight excluding hydrogens is 563 g/mol. The molecule has 3 atom stereocenters. The number of hydrogen-bond donors (Lipinski definition) is 4. The maximum Gasteiger partial charge on any atom is 0.472 e. The van der Waals surface area contributed by atoms with Crippen LogP contribution in [0, 0.1) is 0 Å². The van der Waals surface area contributed by atoms with Crippen LogP contribution in [0.15, 0.2) is 24.3 Å². The Bertz CT molecular complexity index is 734. The van der Waals surface area contributed by atoms with Gasteiger partial charge in [0.2, 0.25) is 5.91 Å². The second kappa shape index (κ2) is 31.0. The highest BCUT2D eigenvalue weighted by molar-refractivity contribution is 7.47. The molecule has 254 valence electrons. The van der Waals surface area contributed by atoms with E-state index in [2.05, 4.69) is 31.3 Å². The predicted octanol–water partition coefficient (Wildman–Crippen LogP) is 8.66. The summed E-state index contributed by atoms with van der Waals surface area (Å²) in [6, 6.07) is -0.858. The van der Waals surface area contributed by atoms with Crippen molar-refractivity contribution in [3.63, 3.8) is 0 Å². The van der Waals surface area contributed by atoms with E-state index in [4.69, 9.17) is 14.8 Å². The molecule has 0 rings (SSSR count). The molecule has 0 heterocycles. The lowest BCUT2D eigenvalue weighted by Gasteiger charge is -2.23. The van der Waals surface area contributed by atoms with Crippen molar-refractivity contribution in [2.24, 2.45) is 5.73 Å². The van der Waals surface area contributed by atoms with Gasteiger partial charge in [0, 0.05) is 13.0 Å². The quantitative estimate of drug-likeness (QED) is 0.0332. The Balaban J connectivity index is 4.33. The summed E-state index contributed by atoms with van der Waals surface area (Å²) in [4.78, 5) is 22.5. The van der Waals surface area contributed by atoms with Crippen molar-refractivity contribution in [1.29, 1.82) is 0 Å². The van der Waals surface area contributed by atoms with Crippen LogP contribution >= 0.6 is 7.82 Å². The van der Waals surface area contributed by atoms with Crippen molar-refractivity contribution in [2.75, 3.05) is 19.8 Å². The number of phosphoric ester groups is 1. The Labute approximate surface area is 264 Å². The maximum absolute atomic E-state index is 12.6. The van der Waals surface area contributed by atoms with Gasteiger partial charge in [-0.15, -0.1) is 0 Å². The average Bonchev–Trinajstić information content (AvgIpc) is 2.99. The van der Waals surface area contributed by atoms with E-state index < -0.39 is 20.0 Å². The first kappa shape index (κ1) is 42.0. The van der Waals surface area contributed by atoms with E-state index in [1.54, 1.807) is 6.08 Å². The Morgan fingerprint density at radius 1 is 0.744 bits per heavy atom. The van der Waals surface area contributed by atoms with Gasteiger partial charge in [0.05, 0.1) is 25.4 Å². The maximum atomic E-state index is 12.6. The molecule has 8 nitrogen and oxygen atoms in total. The highest BCUT2D eigenvalue weighted by Crippen LogP contribution is 2.43. The number of aliphatic hydroxyl groups is 1. The van der Waals surface area contributed by atoms with E-state index in [-0.39, 0.29) is 25.7 Å². The molecule has 0 aliphatic carbocycles. The summed E-state index contributed by atoms with van der Waals surface area (Å²) >= 11 is 0. The third kappa shape index (κ3) is 29.5. The molecule has 0 aliphatic rings. The number of hydrogen-bond acceptors (Lipinski definition) is 6. The average molecular weight is 631 g/mol. The molecule has 0 bridgehead atoms. The molecule has 5 N–H and O–H groups in total. The summed E-state index contributed by atoms with van der Waals surface area (Å²) in [5.41, 5.74) is 5.33. The van der Waals surface area contributed by atoms with Gasteiger partial charge in [0.15, 0.2) is 0 Å². The van der Waals surface area contributed by atoms with Crippen molar-refractivity contribution < 1.29 is 28.4 Å². The number of carbonyl (C=O) groups excluding carboxylic acids is 1. The molecule has 0 aromatic carbocycles. The molecule has 43 heavy (non-hydrogen) atoms. The minimum absolute atomic E-state index is 0.0774. The van der Waals surface area contributed by atoms with Crippen LogP contribution in [0.5, 0.6) is 0 Å². The lowest BCUT2D eigenvalue weighted by atomic mass is 10.1. The molecular formula is C34H67N2O6P. The second-order valence-electron chi connectivity index (χ2n) is 11.7. The minimum atomic E-state index is -4.32. The first-order valence-corrected chi connectivity index (χ1v) is 19.0. The topological polar surface area (TPSA) is 131 Å². The molecule has 1 amide bonds. The van der Waals surface area contributed by atoms with Gasteiger partial charge < -0.3 is 21.1 Å². The molecule has 0 spiro atoms. The fourth-order valence-electron chi connectivity index (χ4n) is 4.83. The molecule has 0 fully saturated rings. The van der Waals surface area contributed by atoms with Gasteiger partial charge in [-0.1, -0.05) is 128 Å². The van der Waals surface area contributed by atoms with Crippen LogP contribution in [0.25, 0.3) is 0 Å². The molecule has 9 heteroatoms. The Morgan fingerprint density at radius 3 is 1.72 bits per heavy atom. The Morgan fingerprint density at radius 2 is 1.21 bits per heavy atom. The number of unbranched alkanes of at least 4 members (excludes halogenated alkanes) is 18. The second-order valence-corrected chi connectivity index (χ2v) is 13.2. The Hall–Kier alpha value is -1.02. The fraction of sp³-hybridized carbons (Fsp3) is 0.853. The zero-order valence-corrected chi connectivity index (χ0v) is 28.6. The third-order valence-corrected chi connectivity index (χ3v) is 8.51. The zero-order chi connectivity index (χ0) is 31.9. The van der Waals surface area contributed by atoms with Crippen molar-refractivity contribution in [2.45, 2.75) is 167 Å². The minimum Gasteiger partial charge on any atom is -0.387 e. The predicted molar refractivity (Wildman–Crippen MR) is 180 cm³/mol. The first-order valence-electron chi connectivity index (χ1n) is 17.5. The lowest BCUT2D eigenvalue weighted by Crippen LogP contribution is -2.45. The SMILES string of the molecule is CCCCCCCC/C=C\CCCCCCCC(=O)N[C@@H](COP(=O)(O)OCCN)[C@H](O)/C=C/CCCCCCCCC. The highest BCUT2D eigenvalue weighted by Gasteiger charge is 2.26. The van der Waals surface area contributed by atoms with E-state index in [1.807, 2.05) is 6.08 Å². The van der Waals surface area contributed by atoms with Gasteiger partial charge in [-0.05, 0) is 44.9 Å². The van der Waals surface area contributed by atoms with Gasteiger partial charge >= 0.3 is 7.82 Å². The fourth-order valence-corrected chi connectivity index (χ4v) is 5.59. The van der Waals surface area contributed by atoms with E-state index >= 15 is 0 Å². The number of allylic oxidation sites excluding steroid dienone is 3. The van der Waals surface area contributed by atoms with Gasteiger partial charge in [-0.3, -0.25) is 13.8 Å². The molecule has 0 aromatic rings. The van der Waals surface area contributed by atoms with Crippen molar-refractivity contribution in [3.8, 4) is 0 Å².